The first-order chi connectivity index (χ1) is 6.74. The van der Waals surface area contributed by atoms with Crippen molar-refractivity contribution in [3.8, 4) is 0 Å². The van der Waals surface area contributed by atoms with Gasteiger partial charge in [-0.3, -0.25) is 0 Å². The van der Waals surface area contributed by atoms with Gasteiger partial charge >= 0.3 is 0 Å². The highest BCUT2D eigenvalue weighted by Gasteiger charge is 2.21. The fourth-order valence-electron chi connectivity index (χ4n) is 2.00. The van der Waals surface area contributed by atoms with Gasteiger partial charge in [-0.1, -0.05) is 19.8 Å². The Kier molecular flexibility index (Phi) is 5.45. The zero-order valence-corrected chi connectivity index (χ0v) is 9.11. The summed E-state index contributed by atoms with van der Waals surface area (Å²) in [6.07, 6.45) is 5.77. The van der Waals surface area contributed by atoms with Gasteiger partial charge < -0.3 is 15.6 Å². The maximum absolute atomic E-state index is 9.25. The summed E-state index contributed by atoms with van der Waals surface area (Å²) >= 11 is 0. The van der Waals surface area contributed by atoms with E-state index in [-0.39, 0.29) is 0 Å². The molecule has 0 radical (unpaired) electrons. The van der Waals surface area contributed by atoms with E-state index in [1.54, 1.807) is 0 Å². The molecule has 1 fully saturated rings. The van der Waals surface area contributed by atoms with Crippen LogP contribution in [0.4, 0.5) is 0 Å². The smallest absolute Gasteiger partial charge is 0.0684 e. The molecule has 0 amide bonds. The summed E-state index contributed by atoms with van der Waals surface area (Å²) in [5, 5.41) is 9.25. The van der Waals surface area contributed by atoms with E-state index in [0.29, 0.717) is 31.6 Å². The molecule has 0 aromatic rings. The molecule has 14 heavy (non-hydrogen) atoms. The largest absolute Gasteiger partial charge is 0.392 e. The summed E-state index contributed by atoms with van der Waals surface area (Å²) < 4.78 is 5.75. The highest BCUT2D eigenvalue weighted by Crippen LogP contribution is 2.26. The molecule has 1 aliphatic carbocycles. The molecular weight excluding hydrogens is 178 g/mol. The summed E-state index contributed by atoms with van der Waals surface area (Å²) in [7, 11) is 0. The number of aliphatic hydroxyl groups is 1. The summed E-state index contributed by atoms with van der Waals surface area (Å²) in [5.74, 6) is 0.679. The average molecular weight is 201 g/mol. The van der Waals surface area contributed by atoms with Crippen LogP contribution in [0.1, 0.15) is 39.0 Å². The third-order valence-electron chi connectivity index (χ3n) is 3.09. The van der Waals surface area contributed by atoms with Crippen molar-refractivity contribution in [3.63, 3.8) is 0 Å². The second-order valence-electron chi connectivity index (χ2n) is 4.35. The zero-order chi connectivity index (χ0) is 10.4. The van der Waals surface area contributed by atoms with Crippen molar-refractivity contribution in [1.29, 1.82) is 0 Å². The van der Waals surface area contributed by atoms with Crippen LogP contribution in [0, 0.1) is 5.92 Å². The van der Waals surface area contributed by atoms with Crippen molar-refractivity contribution >= 4 is 0 Å². The van der Waals surface area contributed by atoms with Crippen LogP contribution in [0.15, 0.2) is 0 Å². The third-order valence-corrected chi connectivity index (χ3v) is 3.09. The van der Waals surface area contributed by atoms with E-state index >= 15 is 0 Å². The summed E-state index contributed by atoms with van der Waals surface area (Å²) in [5.41, 5.74) is 5.31. The molecule has 0 spiro atoms. The Morgan fingerprint density at radius 3 is 2.79 bits per heavy atom. The van der Waals surface area contributed by atoms with Gasteiger partial charge in [-0.2, -0.15) is 0 Å². The van der Waals surface area contributed by atoms with Crippen molar-refractivity contribution in [1.82, 2.24) is 0 Å². The van der Waals surface area contributed by atoms with Crippen molar-refractivity contribution < 1.29 is 9.84 Å². The molecule has 0 aromatic carbocycles. The van der Waals surface area contributed by atoms with Crippen molar-refractivity contribution in [2.75, 3.05) is 13.2 Å². The van der Waals surface area contributed by atoms with E-state index in [1.807, 2.05) is 0 Å². The highest BCUT2D eigenvalue weighted by molar-refractivity contribution is 4.72. The Hall–Kier alpha value is -0.120. The van der Waals surface area contributed by atoms with Gasteiger partial charge in [0.05, 0.1) is 12.2 Å². The van der Waals surface area contributed by atoms with Gasteiger partial charge in [0.15, 0.2) is 0 Å². The molecule has 3 atom stereocenters. The number of nitrogens with two attached hydrogens (primary N) is 1. The zero-order valence-electron chi connectivity index (χ0n) is 9.11. The maximum atomic E-state index is 9.25. The van der Waals surface area contributed by atoms with Gasteiger partial charge in [0, 0.05) is 13.2 Å². The maximum Gasteiger partial charge on any atom is 0.0684 e. The van der Waals surface area contributed by atoms with Gasteiger partial charge in [0.2, 0.25) is 0 Å². The summed E-state index contributed by atoms with van der Waals surface area (Å²) in [4.78, 5) is 0. The molecule has 0 heterocycles. The minimum atomic E-state index is -0.395. The van der Waals surface area contributed by atoms with Crippen molar-refractivity contribution in [2.45, 2.75) is 51.2 Å². The third kappa shape index (κ3) is 3.95. The molecule has 0 aromatic heterocycles. The molecule has 3 heteroatoms. The Labute approximate surface area is 86.6 Å². The van der Waals surface area contributed by atoms with Crippen molar-refractivity contribution in [2.24, 2.45) is 11.7 Å². The number of aliphatic hydroxyl groups excluding tert-OH is 1. The predicted molar refractivity (Wildman–Crippen MR) is 57.1 cm³/mol. The minimum Gasteiger partial charge on any atom is -0.392 e. The highest BCUT2D eigenvalue weighted by atomic mass is 16.5. The fraction of sp³-hybridized carbons (Fsp3) is 1.00. The van der Waals surface area contributed by atoms with E-state index in [2.05, 4.69) is 6.92 Å². The minimum absolute atomic E-state index is 0.337. The molecule has 84 valence electrons. The number of rotatable bonds is 5. The Morgan fingerprint density at radius 2 is 2.14 bits per heavy atom. The van der Waals surface area contributed by atoms with Gasteiger partial charge in [0.1, 0.15) is 0 Å². The van der Waals surface area contributed by atoms with Gasteiger partial charge in [-0.25, -0.2) is 0 Å². The lowest BCUT2D eigenvalue weighted by atomic mass is 9.88. The van der Waals surface area contributed by atoms with Crippen LogP contribution in [0.3, 0.4) is 0 Å². The van der Waals surface area contributed by atoms with Gasteiger partial charge in [-0.05, 0) is 25.2 Å². The average Bonchev–Trinajstić information content (AvgIpc) is 2.20. The normalized spacial score (nSPS) is 30.2. The summed E-state index contributed by atoms with van der Waals surface area (Å²) in [6.45, 7) is 3.24. The lowest BCUT2D eigenvalue weighted by Crippen LogP contribution is -2.28. The van der Waals surface area contributed by atoms with E-state index < -0.39 is 6.10 Å². The number of ether oxygens (including phenoxy) is 1. The Balaban J connectivity index is 2.10. The monoisotopic (exact) mass is 201 g/mol. The second-order valence-corrected chi connectivity index (χ2v) is 4.35. The van der Waals surface area contributed by atoms with Crippen LogP contribution >= 0.6 is 0 Å². The van der Waals surface area contributed by atoms with E-state index in [9.17, 15) is 5.11 Å². The first-order valence-electron chi connectivity index (χ1n) is 5.73. The molecule has 0 bridgehead atoms. The SMILES string of the molecule is CC1CCCCC1OCCC(O)CN. The molecule has 3 N–H and O–H groups in total. The molecule has 1 rings (SSSR count). The van der Waals surface area contributed by atoms with Crippen LogP contribution in [0.2, 0.25) is 0 Å². The molecular formula is C11H23NO2. The fourth-order valence-corrected chi connectivity index (χ4v) is 2.00. The lowest BCUT2D eigenvalue weighted by Gasteiger charge is -2.29. The van der Waals surface area contributed by atoms with Crippen molar-refractivity contribution in [3.05, 3.63) is 0 Å². The summed E-state index contributed by atoms with van der Waals surface area (Å²) in [6, 6.07) is 0. The quantitative estimate of drug-likeness (QED) is 0.704. The first kappa shape index (κ1) is 12.0. The lowest BCUT2D eigenvalue weighted by molar-refractivity contribution is -0.0176. The topological polar surface area (TPSA) is 55.5 Å². The van der Waals surface area contributed by atoms with E-state index in [0.717, 1.165) is 0 Å². The number of hydrogen-bond donors (Lipinski definition) is 2. The molecule has 0 saturated heterocycles. The Morgan fingerprint density at radius 1 is 1.43 bits per heavy atom. The van der Waals surface area contributed by atoms with Crippen LogP contribution in [0.5, 0.6) is 0 Å². The molecule has 0 aliphatic heterocycles. The van der Waals surface area contributed by atoms with Crippen LogP contribution in [-0.2, 0) is 4.74 Å². The molecule has 3 nitrogen and oxygen atoms in total. The number of hydrogen-bond acceptors (Lipinski definition) is 3. The Bertz CT molecular complexity index is 152. The van der Waals surface area contributed by atoms with Gasteiger partial charge in [-0.15, -0.1) is 0 Å². The standard InChI is InChI=1S/C11H23NO2/c1-9-4-2-3-5-11(9)14-7-6-10(13)8-12/h9-11,13H,2-8,12H2,1H3. The van der Waals surface area contributed by atoms with E-state index in [4.69, 9.17) is 10.5 Å². The van der Waals surface area contributed by atoms with Crippen LogP contribution in [0.25, 0.3) is 0 Å². The molecule has 1 aliphatic rings. The van der Waals surface area contributed by atoms with Crippen LogP contribution in [-0.4, -0.2) is 30.5 Å². The predicted octanol–water partition coefficient (Wildman–Crippen LogP) is 1.29. The molecule has 1 saturated carbocycles. The first-order valence-corrected chi connectivity index (χ1v) is 5.73. The van der Waals surface area contributed by atoms with Crippen LogP contribution < -0.4 is 5.73 Å². The molecule has 3 unspecified atom stereocenters. The van der Waals surface area contributed by atoms with E-state index in [1.165, 1.54) is 25.7 Å². The van der Waals surface area contributed by atoms with Gasteiger partial charge in [0.25, 0.3) is 0 Å². The second kappa shape index (κ2) is 6.38.